The van der Waals surface area contributed by atoms with Crippen LogP contribution in [-0.2, 0) is 6.54 Å². The van der Waals surface area contributed by atoms with Gasteiger partial charge in [-0.3, -0.25) is 0 Å². The van der Waals surface area contributed by atoms with E-state index in [1.807, 2.05) is 42.5 Å². The van der Waals surface area contributed by atoms with Gasteiger partial charge in [-0.05, 0) is 11.3 Å². The van der Waals surface area contributed by atoms with E-state index in [9.17, 15) is 5.21 Å². The summed E-state index contributed by atoms with van der Waals surface area (Å²) in [6, 6.07) is 18.1. The largest absolute Gasteiger partial charge is 0.624 e. The second kappa shape index (κ2) is 6.05. The van der Waals surface area contributed by atoms with Crippen molar-refractivity contribution in [2.24, 2.45) is 0 Å². The summed E-state index contributed by atoms with van der Waals surface area (Å²) < 4.78 is 1.02. The molecule has 2 nitrogen and oxygen atoms in total. The predicted molar refractivity (Wildman–Crippen MR) is 88.4 cm³/mol. The second-order valence-corrected chi connectivity index (χ2v) is 11.1. The molecule has 0 aliphatic carbocycles. The van der Waals surface area contributed by atoms with Crippen LogP contribution in [-0.4, -0.2) is 19.0 Å². The van der Waals surface area contributed by atoms with Crippen molar-refractivity contribution in [3.05, 3.63) is 70.9 Å². The van der Waals surface area contributed by atoms with Gasteiger partial charge in [0.2, 0.25) is 0 Å². The number of hydroxylamine groups is 1. The molecule has 0 heterocycles. The molecule has 3 heteroatoms. The van der Waals surface area contributed by atoms with Crippen LogP contribution in [0.2, 0.25) is 19.6 Å². The Balaban J connectivity index is 2.27. The van der Waals surface area contributed by atoms with Gasteiger partial charge in [0, 0.05) is 11.1 Å². The Hall–Kier alpha value is -1.87. The third kappa shape index (κ3) is 3.81. The number of rotatable bonds is 4. The molecule has 2 aromatic rings. The van der Waals surface area contributed by atoms with Crippen molar-refractivity contribution >= 4 is 19.5 Å². The van der Waals surface area contributed by atoms with E-state index in [4.69, 9.17) is 0 Å². The fourth-order valence-electron chi connectivity index (χ4n) is 2.26. The number of nitrogens with zero attached hydrogens (tertiary/aromatic N) is 1. The molecule has 0 amide bonds. The van der Waals surface area contributed by atoms with Crippen LogP contribution < -0.4 is 5.19 Å². The Bertz CT molecular complexity index is 600. The molecule has 20 heavy (non-hydrogen) atoms. The Labute approximate surface area is 122 Å². The van der Waals surface area contributed by atoms with Gasteiger partial charge in [-0.15, -0.1) is 0 Å². The molecule has 0 fully saturated rings. The van der Waals surface area contributed by atoms with Gasteiger partial charge in [0.15, 0.2) is 12.8 Å². The predicted octanol–water partition coefficient (Wildman–Crippen LogP) is 3.36. The highest BCUT2D eigenvalue weighted by Crippen LogP contribution is 2.06. The smallest absolute Gasteiger partial charge is 0.182 e. The Kier molecular flexibility index (Phi) is 4.40. The molecule has 0 spiro atoms. The first-order valence-corrected chi connectivity index (χ1v) is 10.4. The van der Waals surface area contributed by atoms with Gasteiger partial charge in [-0.1, -0.05) is 68.2 Å². The summed E-state index contributed by atoms with van der Waals surface area (Å²) in [4.78, 5) is 0. The maximum absolute atomic E-state index is 12.1. The molecule has 0 saturated carbocycles. The summed E-state index contributed by atoms with van der Waals surface area (Å²) in [5.41, 5.74) is 2.09. The van der Waals surface area contributed by atoms with Crippen LogP contribution in [0.25, 0.3) is 0 Å². The summed E-state index contributed by atoms with van der Waals surface area (Å²) in [5.74, 6) is 0. The monoisotopic (exact) mass is 283 g/mol. The van der Waals surface area contributed by atoms with E-state index in [0.717, 1.165) is 15.9 Å². The lowest BCUT2D eigenvalue weighted by Gasteiger charge is -2.18. The molecule has 0 aromatic heterocycles. The van der Waals surface area contributed by atoms with Gasteiger partial charge < -0.3 is 5.21 Å². The zero-order valence-electron chi connectivity index (χ0n) is 12.3. The Morgan fingerprint density at radius 1 is 0.950 bits per heavy atom. The number of benzene rings is 2. The highest BCUT2D eigenvalue weighted by Gasteiger charge is 2.20. The Morgan fingerprint density at radius 2 is 1.55 bits per heavy atom. The third-order valence-electron chi connectivity index (χ3n) is 3.23. The lowest BCUT2D eigenvalue weighted by molar-refractivity contribution is -0.469. The van der Waals surface area contributed by atoms with E-state index in [-0.39, 0.29) is 0 Å². The van der Waals surface area contributed by atoms with E-state index < -0.39 is 8.07 Å². The first-order chi connectivity index (χ1) is 9.47. The fourth-order valence-corrected chi connectivity index (χ4v) is 3.87. The first kappa shape index (κ1) is 14.5. The van der Waals surface area contributed by atoms with E-state index in [1.54, 1.807) is 6.21 Å². The van der Waals surface area contributed by atoms with Gasteiger partial charge in [0.25, 0.3) is 0 Å². The lowest BCUT2D eigenvalue weighted by Crippen LogP contribution is -2.40. The van der Waals surface area contributed by atoms with Crippen molar-refractivity contribution in [3.63, 3.8) is 0 Å². The fraction of sp³-hybridized carbons (Fsp3) is 0.235. The minimum Gasteiger partial charge on any atom is -0.624 e. The minimum absolute atomic E-state index is 0.390. The molecule has 0 N–H and O–H groups in total. The molecule has 0 aliphatic rings. The van der Waals surface area contributed by atoms with E-state index in [2.05, 4.69) is 31.8 Å². The van der Waals surface area contributed by atoms with Crippen LogP contribution in [0.5, 0.6) is 0 Å². The van der Waals surface area contributed by atoms with E-state index in [1.165, 1.54) is 5.19 Å². The molecule has 0 radical (unpaired) electrons. The van der Waals surface area contributed by atoms with Crippen LogP contribution in [0, 0.1) is 5.21 Å². The van der Waals surface area contributed by atoms with Crippen LogP contribution in [0.15, 0.2) is 54.6 Å². The van der Waals surface area contributed by atoms with Gasteiger partial charge in [0.1, 0.15) is 0 Å². The van der Waals surface area contributed by atoms with Gasteiger partial charge >= 0.3 is 0 Å². The molecule has 0 bridgehead atoms. The van der Waals surface area contributed by atoms with Gasteiger partial charge in [0.05, 0.1) is 8.07 Å². The Morgan fingerprint density at radius 3 is 2.20 bits per heavy atom. The summed E-state index contributed by atoms with van der Waals surface area (Å²) in [6.07, 6.45) is 1.72. The van der Waals surface area contributed by atoms with Crippen LogP contribution in [0.3, 0.4) is 0 Å². The van der Waals surface area contributed by atoms with E-state index in [0.29, 0.717) is 6.54 Å². The SMILES string of the molecule is C[Si](C)(C)c1ccccc1/C=[N+](\[O-])Cc1ccccc1. The highest BCUT2D eigenvalue weighted by molar-refractivity contribution is 6.89. The minimum atomic E-state index is -1.43. The molecule has 104 valence electrons. The summed E-state index contributed by atoms with van der Waals surface area (Å²) in [6.45, 7) is 7.28. The average molecular weight is 283 g/mol. The van der Waals surface area contributed by atoms with Crippen molar-refractivity contribution in [1.82, 2.24) is 0 Å². The third-order valence-corrected chi connectivity index (χ3v) is 5.30. The maximum atomic E-state index is 12.1. The van der Waals surface area contributed by atoms with Crippen LogP contribution >= 0.6 is 0 Å². The molecule has 2 aromatic carbocycles. The van der Waals surface area contributed by atoms with Gasteiger partial charge in [-0.25, -0.2) is 4.74 Å². The van der Waals surface area contributed by atoms with Crippen molar-refractivity contribution in [2.75, 3.05) is 0 Å². The van der Waals surface area contributed by atoms with Gasteiger partial charge in [-0.2, -0.15) is 0 Å². The number of hydrogen-bond donors (Lipinski definition) is 0. The zero-order chi connectivity index (χ0) is 14.6. The lowest BCUT2D eigenvalue weighted by atomic mass is 10.2. The van der Waals surface area contributed by atoms with Crippen LogP contribution in [0.4, 0.5) is 0 Å². The molecule has 0 saturated heterocycles. The highest BCUT2D eigenvalue weighted by atomic mass is 28.3. The standard InChI is InChI=1S/C17H21NOSi/c1-20(2,3)17-12-8-7-11-16(17)14-18(19)13-15-9-5-4-6-10-15/h4-12,14H,13H2,1-3H3/b18-14-. The topological polar surface area (TPSA) is 26.1 Å². The van der Waals surface area contributed by atoms with Crippen LogP contribution in [0.1, 0.15) is 11.1 Å². The molecule has 0 aliphatic heterocycles. The molecular formula is C17H21NOSi. The van der Waals surface area contributed by atoms with Crippen molar-refractivity contribution in [1.29, 1.82) is 0 Å². The normalized spacial score (nSPS) is 12.4. The van der Waals surface area contributed by atoms with Crippen molar-refractivity contribution in [2.45, 2.75) is 26.2 Å². The molecule has 0 unspecified atom stereocenters. The number of hydrogen-bond acceptors (Lipinski definition) is 1. The maximum Gasteiger partial charge on any atom is 0.182 e. The second-order valence-electron chi connectivity index (χ2n) is 6.03. The van der Waals surface area contributed by atoms with Crippen molar-refractivity contribution < 1.29 is 4.74 Å². The quantitative estimate of drug-likeness (QED) is 0.278. The first-order valence-electron chi connectivity index (χ1n) is 6.89. The van der Waals surface area contributed by atoms with Crippen molar-refractivity contribution in [3.8, 4) is 0 Å². The zero-order valence-corrected chi connectivity index (χ0v) is 13.3. The molecular weight excluding hydrogens is 262 g/mol. The summed E-state index contributed by atoms with van der Waals surface area (Å²) >= 11 is 0. The summed E-state index contributed by atoms with van der Waals surface area (Å²) in [5, 5.41) is 13.5. The van der Waals surface area contributed by atoms with E-state index >= 15 is 0 Å². The molecule has 0 atom stereocenters. The molecule has 2 rings (SSSR count). The average Bonchev–Trinajstić information content (AvgIpc) is 2.39. The summed E-state index contributed by atoms with van der Waals surface area (Å²) in [7, 11) is -1.43.